The molecule has 2 N–H and O–H groups in total. The van der Waals surface area contributed by atoms with Crippen molar-refractivity contribution in [3.63, 3.8) is 0 Å². The number of likely N-dealkylation sites (tertiary alicyclic amines) is 1. The number of rotatable bonds is 4. The highest BCUT2D eigenvalue weighted by atomic mass is 35.5. The maximum Gasteiger partial charge on any atom is 0.274 e. The average molecular weight is 365 g/mol. The van der Waals surface area contributed by atoms with E-state index in [2.05, 4.69) is 12.0 Å². The first kappa shape index (κ1) is 19.3. The summed E-state index contributed by atoms with van der Waals surface area (Å²) in [4.78, 5) is 14.6. The first-order valence-corrected chi connectivity index (χ1v) is 8.25. The number of benzene rings is 1. The van der Waals surface area contributed by atoms with Gasteiger partial charge in [0.25, 0.3) is 5.91 Å². The molecule has 7 heteroatoms. The van der Waals surface area contributed by atoms with Gasteiger partial charge >= 0.3 is 0 Å². The minimum Gasteiger partial charge on any atom is -0.494 e. The molecule has 2 heterocycles. The van der Waals surface area contributed by atoms with Gasteiger partial charge in [-0.1, -0.05) is 6.07 Å². The molecule has 0 radical (unpaired) electrons. The predicted octanol–water partition coefficient (Wildman–Crippen LogP) is 2.42. The quantitative estimate of drug-likeness (QED) is 0.904. The van der Waals surface area contributed by atoms with Gasteiger partial charge in [-0.25, -0.2) is 4.68 Å². The molecule has 1 saturated heterocycles. The van der Waals surface area contributed by atoms with Gasteiger partial charge in [0.1, 0.15) is 11.4 Å². The highest BCUT2D eigenvalue weighted by molar-refractivity contribution is 5.92. The second-order valence-electron chi connectivity index (χ2n) is 6.46. The van der Waals surface area contributed by atoms with Crippen LogP contribution >= 0.6 is 12.4 Å². The van der Waals surface area contributed by atoms with Gasteiger partial charge < -0.3 is 15.4 Å². The first-order valence-electron chi connectivity index (χ1n) is 8.25. The van der Waals surface area contributed by atoms with E-state index >= 15 is 0 Å². The minimum atomic E-state index is -0.0381. The first-order chi connectivity index (χ1) is 11.5. The molecule has 2 aromatic rings. The molecule has 1 aromatic heterocycles. The van der Waals surface area contributed by atoms with Crippen molar-refractivity contribution in [2.75, 3.05) is 20.2 Å². The lowest BCUT2D eigenvalue weighted by Crippen LogP contribution is -2.34. The largest absolute Gasteiger partial charge is 0.494 e. The number of hydrogen-bond donors (Lipinski definition) is 1. The number of methoxy groups -OCH3 is 1. The zero-order chi connectivity index (χ0) is 17.3. The number of aryl methyl sites for hydroxylation is 1. The van der Waals surface area contributed by atoms with E-state index < -0.39 is 0 Å². The van der Waals surface area contributed by atoms with Crippen LogP contribution in [0.2, 0.25) is 0 Å². The van der Waals surface area contributed by atoms with Crippen molar-refractivity contribution >= 4 is 18.3 Å². The number of nitrogens with two attached hydrogens (primary N) is 1. The summed E-state index contributed by atoms with van der Waals surface area (Å²) in [7, 11) is 1.63. The Morgan fingerprint density at radius 1 is 1.40 bits per heavy atom. The van der Waals surface area contributed by atoms with Crippen LogP contribution in [-0.2, 0) is 0 Å². The van der Waals surface area contributed by atoms with E-state index in [9.17, 15) is 4.79 Å². The Bertz CT molecular complexity index is 746. The van der Waals surface area contributed by atoms with E-state index in [0.717, 1.165) is 23.4 Å². The standard InChI is InChI=1S/C18H24N4O2.ClH/c1-12-4-5-17(24-3)16(8-12)22-7-6-15(20-22)18(23)21-11-14(10-19)9-13(21)2;/h4-8,13-14H,9-11,19H2,1-3H3;1H. The van der Waals surface area contributed by atoms with Gasteiger partial charge in [-0.2, -0.15) is 5.10 Å². The second-order valence-corrected chi connectivity index (χ2v) is 6.46. The molecular formula is C18H25ClN4O2. The molecule has 2 atom stereocenters. The number of hydrogen-bond acceptors (Lipinski definition) is 4. The molecule has 0 saturated carbocycles. The number of carbonyl (C=O) groups is 1. The minimum absolute atomic E-state index is 0. The monoisotopic (exact) mass is 364 g/mol. The number of amides is 1. The third-order valence-corrected chi connectivity index (χ3v) is 4.64. The fourth-order valence-corrected chi connectivity index (χ4v) is 3.29. The Morgan fingerprint density at radius 2 is 2.16 bits per heavy atom. The fourth-order valence-electron chi connectivity index (χ4n) is 3.29. The highest BCUT2D eigenvalue weighted by Crippen LogP contribution is 2.26. The van der Waals surface area contributed by atoms with Gasteiger partial charge in [-0.05, 0) is 56.5 Å². The van der Waals surface area contributed by atoms with Crippen molar-refractivity contribution in [3.8, 4) is 11.4 Å². The van der Waals surface area contributed by atoms with Crippen LogP contribution in [0.3, 0.4) is 0 Å². The zero-order valence-electron chi connectivity index (χ0n) is 14.8. The summed E-state index contributed by atoms with van der Waals surface area (Å²) in [5.41, 5.74) is 8.13. The lowest BCUT2D eigenvalue weighted by Gasteiger charge is -2.20. The van der Waals surface area contributed by atoms with E-state index in [1.54, 1.807) is 24.1 Å². The molecule has 1 aliphatic heterocycles. The van der Waals surface area contributed by atoms with Gasteiger partial charge in [0.05, 0.1) is 7.11 Å². The number of nitrogens with zero attached hydrogens (tertiary/aromatic N) is 3. The smallest absolute Gasteiger partial charge is 0.274 e. The summed E-state index contributed by atoms with van der Waals surface area (Å²) in [6.07, 6.45) is 2.75. The number of ether oxygens (including phenoxy) is 1. The molecule has 1 aromatic carbocycles. The van der Waals surface area contributed by atoms with E-state index in [4.69, 9.17) is 10.5 Å². The van der Waals surface area contributed by atoms with Crippen molar-refractivity contribution in [2.24, 2.45) is 11.7 Å². The number of carbonyl (C=O) groups excluding carboxylic acids is 1. The lowest BCUT2D eigenvalue weighted by atomic mass is 10.1. The van der Waals surface area contributed by atoms with Crippen LogP contribution in [0.25, 0.3) is 5.69 Å². The van der Waals surface area contributed by atoms with Crippen LogP contribution < -0.4 is 10.5 Å². The number of halogens is 1. The maximum absolute atomic E-state index is 12.8. The molecule has 1 amide bonds. The van der Waals surface area contributed by atoms with Gasteiger partial charge in [0.15, 0.2) is 5.69 Å². The van der Waals surface area contributed by atoms with E-state index in [1.165, 1.54) is 0 Å². The van der Waals surface area contributed by atoms with Crippen molar-refractivity contribution < 1.29 is 9.53 Å². The van der Waals surface area contributed by atoms with E-state index in [-0.39, 0.29) is 24.4 Å². The Labute approximate surface area is 154 Å². The summed E-state index contributed by atoms with van der Waals surface area (Å²) < 4.78 is 7.09. The molecule has 1 aliphatic rings. The zero-order valence-corrected chi connectivity index (χ0v) is 15.6. The summed E-state index contributed by atoms with van der Waals surface area (Å²) in [5.74, 6) is 1.06. The van der Waals surface area contributed by atoms with Crippen molar-refractivity contribution in [3.05, 3.63) is 41.7 Å². The normalized spacial score (nSPS) is 19.6. The van der Waals surface area contributed by atoms with Crippen molar-refractivity contribution in [1.82, 2.24) is 14.7 Å². The Kier molecular flexibility index (Phi) is 6.08. The van der Waals surface area contributed by atoms with Crippen LogP contribution in [0.5, 0.6) is 5.75 Å². The molecule has 1 fully saturated rings. The van der Waals surface area contributed by atoms with Gasteiger partial charge in [-0.3, -0.25) is 4.79 Å². The predicted molar refractivity (Wildman–Crippen MR) is 99.8 cm³/mol. The summed E-state index contributed by atoms with van der Waals surface area (Å²) in [6, 6.07) is 7.83. The molecule has 0 aliphatic carbocycles. The Hall–Kier alpha value is -2.05. The van der Waals surface area contributed by atoms with Crippen LogP contribution in [0.15, 0.2) is 30.5 Å². The van der Waals surface area contributed by atoms with Gasteiger partial charge in [0.2, 0.25) is 0 Å². The SMILES string of the molecule is COc1ccc(C)cc1-n1ccc(C(=O)N2CC(CN)CC2C)n1.Cl. The Balaban J connectivity index is 0.00000225. The highest BCUT2D eigenvalue weighted by Gasteiger charge is 2.33. The fraction of sp³-hybridized carbons (Fsp3) is 0.444. The van der Waals surface area contributed by atoms with E-state index in [0.29, 0.717) is 24.7 Å². The van der Waals surface area contributed by atoms with Gasteiger partial charge in [0, 0.05) is 18.8 Å². The molecule has 0 spiro atoms. The lowest BCUT2D eigenvalue weighted by molar-refractivity contribution is 0.0737. The maximum atomic E-state index is 12.8. The third-order valence-electron chi connectivity index (χ3n) is 4.64. The van der Waals surface area contributed by atoms with E-state index in [1.807, 2.05) is 30.0 Å². The number of aromatic nitrogens is 2. The second kappa shape index (κ2) is 7.89. The topological polar surface area (TPSA) is 73.4 Å². The molecule has 0 bridgehead atoms. The molecule has 6 nitrogen and oxygen atoms in total. The summed E-state index contributed by atoms with van der Waals surface area (Å²) >= 11 is 0. The van der Waals surface area contributed by atoms with Crippen LogP contribution in [-0.4, -0.2) is 46.8 Å². The van der Waals surface area contributed by atoms with Crippen molar-refractivity contribution in [2.45, 2.75) is 26.3 Å². The Morgan fingerprint density at radius 3 is 2.80 bits per heavy atom. The molecule has 3 rings (SSSR count). The van der Waals surface area contributed by atoms with Crippen LogP contribution in [0.4, 0.5) is 0 Å². The van der Waals surface area contributed by atoms with Crippen LogP contribution in [0, 0.1) is 12.8 Å². The summed E-state index contributed by atoms with van der Waals surface area (Å²) in [5, 5.41) is 4.47. The van der Waals surface area contributed by atoms with Crippen molar-refractivity contribution in [1.29, 1.82) is 0 Å². The molecule has 136 valence electrons. The molecular weight excluding hydrogens is 340 g/mol. The summed E-state index contributed by atoms with van der Waals surface area (Å²) in [6.45, 7) is 5.39. The van der Waals surface area contributed by atoms with Gasteiger partial charge in [-0.15, -0.1) is 12.4 Å². The molecule has 2 unspecified atom stereocenters. The average Bonchev–Trinajstić information content (AvgIpc) is 3.21. The molecule has 25 heavy (non-hydrogen) atoms. The third kappa shape index (κ3) is 3.80. The van der Waals surface area contributed by atoms with Crippen LogP contribution in [0.1, 0.15) is 29.4 Å².